The predicted octanol–water partition coefficient (Wildman–Crippen LogP) is 1.71. The Morgan fingerprint density at radius 2 is 1.90 bits per heavy atom. The van der Waals surface area contributed by atoms with E-state index in [1.807, 2.05) is 24.3 Å². The van der Waals surface area contributed by atoms with E-state index in [-0.39, 0.29) is 12.0 Å². The molecule has 1 aliphatic heterocycles. The van der Waals surface area contributed by atoms with Gasteiger partial charge in [-0.3, -0.25) is 4.79 Å². The number of nitrogens with zero attached hydrogens (tertiary/aromatic N) is 1. The van der Waals surface area contributed by atoms with Gasteiger partial charge in [-0.2, -0.15) is 0 Å². The van der Waals surface area contributed by atoms with E-state index in [1.165, 1.54) is 0 Å². The first-order chi connectivity index (χ1) is 9.46. The Bertz CT molecular complexity index is 481. The summed E-state index contributed by atoms with van der Waals surface area (Å²) in [7, 11) is 3.16. The van der Waals surface area contributed by atoms with Crippen LogP contribution in [0.3, 0.4) is 0 Å². The van der Waals surface area contributed by atoms with Crippen LogP contribution < -0.4 is 9.47 Å². The van der Waals surface area contributed by atoms with Crippen LogP contribution in [0.1, 0.15) is 13.8 Å². The van der Waals surface area contributed by atoms with Gasteiger partial charge in [0.15, 0.2) is 0 Å². The van der Waals surface area contributed by atoms with Gasteiger partial charge in [-0.25, -0.2) is 0 Å². The van der Waals surface area contributed by atoms with Gasteiger partial charge in [0.1, 0.15) is 23.2 Å². The second-order valence-corrected chi connectivity index (χ2v) is 5.34. The smallest absolute Gasteiger partial charge is 0.254 e. The lowest BCUT2D eigenvalue weighted by Gasteiger charge is -2.42. The topological polar surface area (TPSA) is 48.0 Å². The highest BCUT2D eigenvalue weighted by atomic mass is 16.5. The van der Waals surface area contributed by atoms with Crippen LogP contribution in [0.25, 0.3) is 0 Å². The molecule has 20 heavy (non-hydrogen) atoms. The first-order valence-electron chi connectivity index (χ1n) is 6.61. The monoisotopic (exact) mass is 279 g/mol. The van der Waals surface area contributed by atoms with E-state index in [9.17, 15) is 4.79 Å². The van der Waals surface area contributed by atoms with Crippen LogP contribution in [-0.4, -0.2) is 49.8 Å². The molecule has 0 unspecified atom stereocenters. The fourth-order valence-electron chi connectivity index (χ4n) is 2.01. The first kappa shape index (κ1) is 14.7. The maximum absolute atomic E-state index is 12.1. The van der Waals surface area contributed by atoms with E-state index >= 15 is 0 Å². The molecule has 1 amide bonds. The van der Waals surface area contributed by atoms with Crippen molar-refractivity contribution in [3.8, 4) is 11.5 Å². The summed E-state index contributed by atoms with van der Waals surface area (Å²) in [5.74, 6) is 1.51. The van der Waals surface area contributed by atoms with Crippen LogP contribution in [0.4, 0.5) is 0 Å². The Hall–Kier alpha value is -1.75. The van der Waals surface area contributed by atoms with Crippen molar-refractivity contribution in [2.75, 3.05) is 27.3 Å². The molecule has 0 bridgehead atoms. The highest BCUT2D eigenvalue weighted by Crippen LogP contribution is 2.24. The Balaban J connectivity index is 1.86. The van der Waals surface area contributed by atoms with Crippen molar-refractivity contribution in [2.24, 2.45) is 0 Å². The Labute approximate surface area is 119 Å². The molecule has 0 radical (unpaired) electrons. The molecular formula is C15H21NO4. The third-order valence-corrected chi connectivity index (χ3v) is 3.50. The van der Waals surface area contributed by atoms with Crippen molar-refractivity contribution in [3.05, 3.63) is 24.3 Å². The van der Waals surface area contributed by atoms with Crippen molar-refractivity contribution in [1.82, 2.24) is 4.90 Å². The number of carbonyl (C=O) groups excluding carboxylic acids is 1. The lowest BCUT2D eigenvalue weighted by Crippen LogP contribution is -2.61. The molecule has 0 atom stereocenters. The van der Waals surface area contributed by atoms with Crippen molar-refractivity contribution in [3.63, 3.8) is 0 Å². The second-order valence-electron chi connectivity index (χ2n) is 5.34. The molecule has 0 spiro atoms. The number of ether oxygens (including phenoxy) is 3. The fraction of sp³-hybridized carbons (Fsp3) is 0.533. The van der Waals surface area contributed by atoms with Crippen LogP contribution in [0.15, 0.2) is 24.3 Å². The van der Waals surface area contributed by atoms with Gasteiger partial charge in [0.2, 0.25) is 0 Å². The van der Waals surface area contributed by atoms with Gasteiger partial charge >= 0.3 is 0 Å². The van der Waals surface area contributed by atoms with E-state index in [4.69, 9.17) is 14.2 Å². The second kappa shape index (κ2) is 5.71. The number of carbonyl (C=O) groups is 1. The summed E-state index contributed by atoms with van der Waals surface area (Å²) in [4.78, 5) is 13.8. The average molecular weight is 279 g/mol. The van der Waals surface area contributed by atoms with Gasteiger partial charge in [-0.15, -0.1) is 0 Å². The molecule has 0 aromatic heterocycles. The minimum atomic E-state index is -0.777. The molecule has 0 aliphatic carbocycles. The molecule has 110 valence electrons. The lowest BCUT2D eigenvalue weighted by atomic mass is 10.0. The van der Waals surface area contributed by atoms with Crippen molar-refractivity contribution >= 4 is 5.91 Å². The lowest BCUT2D eigenvalue weighted by molar-refractivity contribution is -0.159. The third kappa shape index (κ3) is 3.04. The molecule has 1 aromatic carbocycles. The van der Waals surface area contributed by atoms with Gasteiger partial charge in [-0.1, -0.05) is 6.07 Å². The van der Waals surface area contributed by atoms with E-state index in [1.54, 1.807) is 33.0 Å². The zero-order valence-electron chi connectivity index (χ0n) is 12.4. The van der Waals surface area contributed by atoms with E-state index in [0.717, 1.165) is 11.5 Å². The van der Waals surface area contributed by atoms with Crippen molar-refractivity contribution in [2.45, 2.75) is 25.6 Å². The summed E-state index contributed by atoms with van der Waals surface area (Å²) >= 11 is 0. The number of methoxy groups -OCH3 is 2. The summed E-state index contributed by atoms with van der Waals surface area (Å²) in [5, 5.41) is 0. The molecule has 1 aliphatic rings. The van der Waals surface area contributed by atoms with Crippen LogP contribution in [0, 0.1) is 0 Å². The predicted molar refractivity (Wildman–Crippen MR) is 75.1 cm³/mol. The molecule has 5 heteroatoms. The van der Waals surface area contributed by atoms with Gasteiger partial charge in [0.25, 0.3) is 5.91 Å². The van der Waals surface area contributed by atoms with Crippen LogP contribution in [0.5, 0.6) is 11.5 Å². The number of likely N-dealkylation sites (tertiary alicyclic amines) is 1. The average Bonchev–Trinajstić information content (AvgIpc) is 2.41. The highest BCUT2D eigenvalue weighted by Gasteiger charge is 2.39. The summed E-state index contributed by atoms with van der Waals surface area (Å²) in [5.41, 5.74) is -0.777. The molecule has 1 fully saturated rings. The number of rotatable bonds is 5. The maximum atomic E-state index is 12.1. The number of benzene rings is 1. The number of hydrogen-bond donors (Lipinski definition) is 0. The van der Waals surface area contributed by atoms with E-state index < -0.39 is 5.60 Å². The summed E-state index contributed by atoms with van der Waals surface area (Å²) < 4.78 is 16.1. The molecular weight excluding hydrogens is 258 g/mol. The molecule has 2 rings (SSSR count). The molecule has 1 aromatic rings. The van der Waals surface area contributed by atoms with Crippen LogP contribution in [0.2, 0.25) is 0 Å². The van der Waals surface area contributed by atoms with Gasteiger partial charge in [-0.05, 0) is 26.0 Å². The molecule has 1 saturated heterocycles. The van der Waals surface area contributed by atoms with E-state index in [2.05, 4.69) is 0 Å². The fourth-order valence-corrected chi connectivity index (χ4v) is 2.01. The molecule has 0 N–H and O–H groups in total. The maximum Gasteiger partial charge on any atom is 0.254 e. The van der Waals surface area contributed by atoms with Crippen LogP contribution >= 0.6 is 0 Å². The Morgan fingerprint density at radius 3 is 2.50 bits per heavy atom. The highest BCUT2D eigenvalue weighted by molar-refractivity contribution is 5.85. The van der Waals surface area contributed by atoms with Crippen molar-refractivity contribution in [1.29, 1.82) is 0 Å². The van der Waals surface area contributed by atoms with Gasteiger partial charge in [0.05, 0.1) is 20.2 Å². The minimum Gasteiger partial charge on any atom is -0.497 e. The summed E-state index contributed by atoms with van der Waals surface area (Å²) in [6.45, 7) is 4.71. The summed E-state index contributed by atoms with van der Waals surface area (Å²) in [6.07, 6.45) is 0.0266. The normalized spacial score (nSPS) is 15.7. The van der Waals surface area contributed by atoms with Gasteiger partial charge < -0.3 is 19.1 Å². The number of amides is 1. The van der Waals surface area contributed by atoms with Crippen LogP contribution in [-0.2, 0) is 9.53 Å². The Kier molecular flexibility index (Phi) is 4.18. The standard InChI is InChI=1S/C15H21NO4/c1-15(2,19-4)14(17)16-9-13(10-16)20-12-7-5-6-11(8-12)18-3/h5-8,13H,9-10H2,1-4H3. The molecule has 1 heterocycles. The quantitative estimate of drug-likeness (QED) is 0.823. The zero-order chi connectivity index (χ0) is 14.8. The zero-order valence-corrected chi connectivity index (χ0v) is 12.4. The third-order valence-electron chi connectivity index (χ3n) is 3.50. The Morgan fingerprint density at radius 1 is 1.25 bits per heavy atom. The first-order valence-corrected chi connectivity index (χ1v) is 6.61. The SMILES string of the molecule is COc1cccc(OC2CN(C(=O)C(C)(C)OC)C2)c1. The molecule has 0 saturated carbocycles. The van der Waals surface area contributed by atoms with Crippen molar-refractivity contribution < 1.29 is 19.0 Å². The minimum absolute atomic E-state index is 0.00880. The largest absolute Gasteiger partial charge is 0.497 e. The number of hydrogen-bond acceptors (Lipinski definition) is 4. The molecule has 5 nitrogen and oxygen atoms in total. The van der Waals surface area contributed by atoms with Gasteiger partial charge in [0, 0.05) is 13.2 Å². The van der Waals surface area contributed by atoms with E-state index in [0.29, 0.717) is 13.1 Å². The summed E-state index contributed by atoms with van der Waals surface area (Å²) in [6, 6.07) is 7.46.